The van der Waals surface area contributed by atoms with Gasteiger partial charge in [0.1, 0.15) is 43.2 Å². The third kappa shape index (κ3) is 27.3. The fourth-order valence-corrected chi connectivity index (χ4v) is 8.20. The Hall–Kier alpha value is -1.15. The summed E-state index contributed by atoms with van der Waals surface area (Å²) < 4.78 is 33.5. The van der Waals surface area contributed by atoms with Crippen molar-refractivity contribution in [1.82, 2.24) is 0 Å². The Bertz CT molecular complexity index is 1020. The van der Waals surface area contributed by atoms with Crippen LogP contribution in [-0.2, 0) is 32.7 Å². The number of phosphoric acid groups is 1. The van der Waals surface area contributed by atoms with Crippen molar-refractivity contribution >= 4 is 19.8 Å². The van der Waals surface area contributed by atoms with Gasteiger partial charge in [0.15, 0.2) is 6.10 Å². The van der Waals surface area contributed by atoms with E-state index in [0.717, 1.165) is 38.5 Å². The van der Waals surface area contributed by atoms with Crippen LogP contribution in [0.1, 0.15) is 206 Å². The second-order valence-corrected chi connectivity index (χ2v) is 17.7. The molecule has 0 aromatic rings. The van der Waals surface area contributed by atoms with Crippen LogP contribution in [0.15, 0.2) is 0 Å². The first kappa shape index (κ1) is 53.9. The Morgan fingerprint density at radius 3 is 1.16 bits per heavy atom. The summed E-state index contributed by atoms with van der Waals surface area (Å²) in [5.74, 6) is -1.09. The van der Waals surface area contributed by atoms with Gasteiger partial charge in [-0.3, -0.25) is 18.6 Å². The van der Waals surface area contributed by atoms with Crippen molar-refractivity contribution < 1.29 is 63.1 Å². The van der Waals surface area contributed by atoms with Crippen LogP contribution in [0, 0.1) is 0 Å². The average Bonchev–Trinajstić information content (AvgIpc) is 3.19. The fraction of sp³-hybridized carbons (Fsp3) is 0.953. The molecular formula is C43H83O13P. The van der Waals surface area contributed by atoms with Crippen LogP contribution >= 0.6 is 7.82 Å². The van der Waals surface area contributed by atoms with Gasteiger partial charge < -0.3 is 39.9 Å². The SMILES string of the molecule is CCCCCCCCCCCCCCCCCCCCC(=O)O[C@H](COC(=O)CCCCCCCCCCCC)COP(=O)(O)OC1C(O)C(O)C(O)[C@@H](O)C1O. The van der Waals surface area contributed by atoms with Gasteiger partial charge >= 0.3 is 19.8 Å². The molecule has 0 amide bonds. The van der Waals surface area contributed by atoms with E-state index in [1.54, 1.807) is 0 Å². The Labute approximate surface area is 344 Å². The van der Waals surface area contributed by atoms with Crippen molar-refractivity contribution in [1.29, 1.82) is 0 Å². The number of rotatable bonds is 38. The summed E-state index contributed by atoms with van der Waals surface area (Å²) in [6.45, 7) is 3.30. The Morgan fingerprint density at radius 1 is 0.474 bits per heavy atom. The molecule has 6 unspecified atom stereocenters. The molecule has 338 valence electrons. The highest BCUT2D eigenvalue weighted by molar-refractivity contribution is 7.47. The minimum absolute atomic E-state index is 0.105. The summed E-state index contributed by atoms with van der Waals surface area (Å²) in [7, 11) is -5.11. The van der Waals surface area contributed by atoms with Crippen LogP contribution in [0.3, 0.4) is 0 Å². The summed E-state index contributed by atoms with van der Waals surface area (Å²) in [6, 6.07) is 0. The lowest BCUT2D eigenvalue weighted by Gasteiger charge is -2.41. The lowest BCUT2D eigenvalue weighted by molar-refractivity contribution is -0.220. The topological polar surface area (TPSA) is 210 Å². The molecule has 8 atom stereocenters. The van der Waals surface area contributed by atoms with Gasteiger partial charge in [-0.15, -0.1) is 0 Å². The third-order valence-corrected chi connectivity index (χ3v) is 11.9. The largest absolute Gasteiger partial charge is 0.472 e. The number of carbonyl (C=O) groups excluding carboxylic acids is 2. The first-order valence-corrected chi connectivity index (χ1v) is 24.3. The Kier molecular flexibility index (Phi) is 32.7. The average molecular weight is 839 g/mol. The molecule has 0 aliphatic heterocycles. The molecule has 0 saturated heterocycles. The molecule has 0 spiro atoms. The van der Waals surface area contributed by atoms with E-state index in [0.29, 0.717) is 12.8 Å². The number of ether oxygens (including phenoxy) is 2. The summed E-state index contributed by atoms with van der Waals surface area (Å²) >= 11 is 0. The fourth-order valence-electron chi connectivity index (χ4n) is 7.23. The van der Waals surface area contributed by atoms with Crippen LogP contribution < -0.4 is 0 Å². The molecule has 0 heterocycles. The van der Waals surface area contributed by atoms with Crippen molar-refractivity contribution in [3.63, 3.8) is 0 Å². The van der Waals surface area contributed by atoms with Gasteiger partial charge in [-0.1, -0.05) is 181 Å². The highest BCUT2D eigenvalue weighted by atomic mass is 31.2. The number of aliphatic hydroxyl groups is 5. The predicted molar refractivity (Wildman–Crippen MR) is 221 cm³/mol. The van der Waals surface area contributed by atoms with Gasteiger partial charge in [0, 0.05) is 12.8 Å². The van der Waals surface area contributed by atoms with E-state index in [2.05, 4.69) is 13.8 Å². The van der Waals surface area contributed by atoms with E-state index in [4.69, 9.17) is 18.5 Å². The molecule has 0 bridgehead atoms. The van der Waals surface area contributed by atoms with Gasteiger partial charge in [0.25, 0.3) is 0 Å². The van der Waals surface area contributed by atoms with Gasteiger partial charge in [-0.05, 0) is 12.8 Å². The third-order valence-electron chi connectivity index (χ3n) is 10.9. The van der Waals surface area contributed by atoms with Crippen LogP contribution in [0.25, 0.3) is 0 Å². The number of carbonyl (C=O) groups is 2. The van der Waals surface area contributed by atoms with Crippen LogP contribution in [0.5, 0.6) is 0 Å². The predicted octanol–water partition coefficient (Wildman–Crippen LogP) is 8.50. The molecule has 57 heavy (non-hydrogen) atoms. The number of phosphoric ester groups is 1. The van der Waals surface area contributed by atoms with Gasteiger partial charge in [-0.2, -0.15) is 0 Å². The smallest absolute Gasteiger partial charge is 0.462 e. The van der Waals surface area contributed by atoms with Crippen LogP contribution in [0.2, 0.25) is 0 Å². The molecule has 1 aliphatic rings. The van der Waals surface area contributed by atoms with Crippen LogP contribution in [0.4, 0.5) is 0 Å². The zero-order valence-corrected chi connectivity index (χ0v) is 36.6. The maximum Gasteiger partial charge on any atom is 0.472 e. The molecule has 1 saturated carbocycles. The Balaban J connectivity index is 2.42. The van der Waals surface area contributed by atoms with E-state index in [9.17, 15) is 44.6 Å². The molecule has 0 radical (unpaired) electrons. The number of esters is 2. The molecule has 14 heteroatoms. The summed E-state index contributed by atoms with van der Waals surface area (Å²) in [6.07, 6.45) is 20.3. The summed E-state index contributed by atoms with van der Waals surface area (Å²) in [5.41, 5.74) is 0. The van der Waals surface area contributed by atoms with Gasteiger partial charge in [0.05, 0.1) is 6.61 Å². The summed E-state index contributed by atoms with van der Waals surface area (Å²) in [4.78, 5) is 35.6. The zero-order valence-electron chi connectivity index (χ0n) is 35.7. The molecule has 1 fully saturated rings. The number of aliphatic hydroxyl groups excluding tert-OH is 5. The van der Waals surface area contributed by atoms with E-state index < -0.39 is 75.7 Å². The number of hydrogen-bond donors (Lipinski definition) is 6. The minimum Gasteiger partial charge on any atom is -0.462 e. The Morgan fingerprint density at radius 2 is 0.789 bits per heavy atom. The quantitative estimate of drug-likeness (QED) is 0.0196. The normalized spacial score (nSPS) is 22.6. The first-order valence-electron chi connectivity index (χ1n) is 22.8. The molecular weight excluding hydrogens is 755 g/mol. The number of hydrogen-bond acceptors (Lipinski definition) is 12. The van der Waals surface area contributed by atoms with Gasteiger partial charge in [-0.25, -0.2) is 4.57 Å². The van der Waals surface area contributed by atoms with E-state index in [1.165, 1.54) is 128 Å². The standard InChI is InChI=1S/C43H83O13P/c1-3-5-7-9-11-13-15-16-17-18-19-20-21-22-24-26-28-30-32-37(45)55-35(33-53-36(44)31-29-27-25-23-14-12-10-8-6-4-2)34-54-57(51,52)56-43-41(49)39(47)38(46)40(48)42(43)50/h35,38-43,46-50H,3-34H2,1-2H3,(H,51,52)/t35-,38?,39-,40?,41?,42?,43?/m1/s1. The van der Waals surface area contributed by atoms with Crippen molar-refractivity contribution in [3.05, 3.63) is 0 Å². The monoisotopic (exact) mass is 839 g/mol. The van der Waals surface area contributed by atoms with Crippen molar-refractivity contribution in [2.24, 2.45) is 0 Å². The summed E-state index contributed by atoms with van der Waals surface area (Å²) in [5, 5.41) is 50.1. The molecule has 13 nitrogen and oxygen atoms in total. The van der Waals surface area contributed by atoms with E-state index >= 15 is 0 Å². The van der Waals surface area contributed by atoms with Crippen molar-refractivity contribution in [3.8, 4) is 0 Å². The van der Waals surface area contributed by atoms with Crippen LogP contribution in [-0.4, -0.2) is 98.3 Å². The highest BCUT2D eigenvalue weighted by Gasteiger charge is 2.51. The van der Waals surface area contributed by atoms with E-state index in [1.807, 2.05) is 0 Å². The second-order valence-electron chi connectivity index (χ2n) is 16.3. The lowest BCUT2D eigenvalue weighted by Crippen LogP contribution is -2.64. The second kappa shape index (κ2) is 34.6. The maximum absolute atomic E-state index is 12.8. The first-order chi connectivity index (χ1) is 27.4. The number of unbranched alkanes of at least 4 members (excludes halogenated alkanes) is 26. The van der Waals surface area contributed by atoms with Crippen molar-refractivity contribution in [2.75, 3.05) is 13.2 Å². The molecule has 1 rings (SSSR count). The zero-order chi connectivity index (χ0) is 42.2. The molecule has 1 aliphatic carbocycles. The lowest BCUT2D eigenvalue weighted by atomic mass is 9.85. The molecule has 0 aromatic carbocycles. The van der Waals surface area contributed by atoms with E-state index in [-0.39, 0.29) is 12.8 Å². The molecule has 6 N–H and O–H groups in total. The van der Waals surface area contributed by atoms with Crippen molar-refractivity contribution in [2.45, 2.75) is 249 Å². The maximum atomic E-state index is 12.8. The minimum atomic E-state index is -5.11. The van der Waals surface area contributed by atoms with Gasteiger partial charge in [0.2, 0.25) is 0 Å². The highest BCUT2D eigenvalue weighted by Crippen LogP contribution is 2.47. The molecule has 0 aromatic heterocycles.